The summed E-state index contributed by atoms with van der Waals surface area (Å²) in [6.45, 7) is 2.13. The lowest BCUT2D eigenvalue weighted by Gasteiger charge is -2.49. The number of carbonyl (C=O) groups is 1. The number of carbonyl (C=O) groups excluding carboxylic acids is 1. The lowest BCUT2D eigenvalue weighted by molar-refractivity contribution is -0.131. The Morgan fingerprint density at radius 2 is 2.17 bits per heavy atom. The molecule has 24 heavy (non-hydrogen) atoms. The van der Waals surface area contributed by atoms with E-state index in [1.54, 1.807) is 6.07 Å². The summed E-state index contributed by atoms with van der Waals surface area (Å²) in [4.78, 5) is 11.5. The second kappa shape index (κ2) is 5.09. The lowest BCUT2D eigenvalue weighted by atomic mass is 9.56. The van der Waals surface area contributed by atoms with Crippen LogP contribution < -0.4 is 5.73 Å². The Morgan fingerprint density at radius 1 is 1.38 bits per heavy atom. The zero-order valence-electron chi connectivity index (χ0n) is 14.1. The Bertz CT molecular complexity index is 740. The van der Waals surface area contributed by atoms with E-state index in [1.807, 2.05) is 12.1 Å². The Kier molecular flexibility index (Phi) is 3.33. The molecule has 0 unspecified atom stereocenters. The molecule has 1 aromatic rings. The number of phenols is 1. The first-order valence-electron chi connectivity index (χ1n) is 8.87. The van der Waals surface area contributed by atoms with Gasteiger partial charge in [-0.05, 0) is 72.8 Å². The van der Waals surface area contributed by atoms with Gasteiger partial charge in [-0.3, -0.25) is 4.79 Å². The molecule has 1 fully saturated rings. The van der Waals surface area contributed by atoms with Crippen molar-refractivity contribution in [3.8, 4) is 5.75 Å². The van der Waals surface area contributed by atoms with Crippen molar-refractivity contribution in [1.82, 2.24) is 0 Å². The van der Waals surface area contributed by atoms with Gasteiger partial charge in [0.05, 0.1) is 12.0 Å². The predicted octanol–water partition coefficient (Wildman–Crippen LogP) is 2.76. The molecule has 3 aliphatic carbocycles. The van der Waals surface area contributed by atoms with Gasteiger partial charge in [-0.25, -0.2) is 0 Å². The second-order valence-corrected chi connectivity index (χ2v) is 8.09. The summed E-state index contributed by atoms with van der Waals surface area (Å²) < 4.78 is 0. The van der Waals surface area contributed by atoms with Crippen LogP contribution in [0.15, 0.2) is 24.3 Å². The molecule has 1 amide bonds. The molecule has 0 bridgehead atoms. The number of primary amides is 1. The van der Waals surface area contributed by atoms with Gasteiger partial charge in [0.15, 0.2) is 0 Å². The maximum atomic E-state index is 11.5. The highest BCUT2D eigenvalue weighted by Crippen LogP contribution is 2.63. The molecule has 0 aromatic heterocycles. The molecule has 4 rings (SSSR count). The number of benzene rings is 1. The fraction of sp³-hybridized carbons (Fsp3) is 0.550. The molecule has 4 nitrogen and oxygen atoms in total. The third-order valence-corrected chi connectivity index (χ3v) is 6.97. The average molecular weight is 327 g/mol. The second-order valence-electron chi connectivity index (χ2n) is 8.09. The quantitative estimate of drug-likeness (QED) is 0.781. The number of rotatable bonds is 2. The van der Waals surface area contributed by atoms with E-state index in [0.29, 0.717) is 24.0 Å². The van der Waals surface area contributed by atoms with Crippen molar-refractivity contribution in [3.63, 3.8) is 0 Å². The molecule has 4 atom stereocenters. The normalized spacial score (nSPS) is 37.2. The van der Waals surface area contributed by atoms with E-state index in [0.717, 1.165) is 25.7 Å². The SMILES string of the molecule is C[C@]12CC=C3c4ccc(O)cc4CC[C@H]3[C@@H]1CC[C@@]2(O)CC(N)=O. The maximum Gasteiger partial charge on any atom is 0.220 e. The first-order chi connectivity index (χ1) is 11.3. The topological polar surface area (TPSA) is 83.6 Å². The molecule has 4 heteroatoms. The van der Waals surface area contributed by atoms with Gasteiger partial charge in [0, 0.05) is 5.41 Å². The number of hydrogen-bond donors (Lipinski definition) is 3. The smallest absolute Gasteiger partial charge is 0.220 e. The molecule has 4 N–H and O–H groups in total. The number of phenolic OH excluding ortho intramolecular Hbond substituents is 1. The summed E-state index contributed by atoms with van der Waals surface area (Å²) in [6, 6.07) is 5.65. The summed E-state index contributed by atoms with van der Waals surface area (Å²) in [5, 5.41) is 20.9. The van der Waals surface area contributed by atoms with Gasteiger partial charge in [-0.2, -0.15) is 0 Å². The van der Waals surface area contributed by atoms with Crippen molar-refractivity contribution in [3.05, 3.63) is 35.4 Å². The standard InChI is InChI=1S/C20H25NO3/c1-19-8-6-15-14-5-3-13(22)10-12(14)2-4-16(15)17(19)7-9-20(19,24)11-18(21)23/h3,5-6,10,16-17,22,24H,2,4,7-9,11H2,1H3,(H2,21,23)/t16-,17+,19+,20-/m1/s1. The van der Waals surface area contributed by atoms with Crippen LogP contribution in [0.3, 0.4) is 0 Å². The van der Waals surface area contributed by atoms with Crippen LogP contribution in [0.1, 0.15) is 50.2 Å². The summed E-state index contributed by atoms with van der Waals surface area (Å²) in [7, 11) is 0. The molecule has 0 aliphatic heterocycles. The minimum absolute atomic E-state index is 0.0559. The Labute approximate surface area is 142 Å². The molecule has 3 aliphatic rings. The number of aryl methyl sites for hydroxylation is 1. The highest BCUT2D eigenvalue weighted by Gasteiger charge is 2.60. The van der Waals surface area contributed by atoms with Crippen molar-refractivity contribution in [2.24, 2.45) is 23.0 Å². The molecule has 0 saturated heterocycles. The van der Waals surface area contributed by atoms with E-state index in [1.165, 1.54) is 16.7 Å². The number of amides is 1. The van der Waals surface area contributed by atoms with Crippen LogP contribution in [0.2, 0.25) is 0 Å². The number of hydrogen-bond acceptors (Lipinski definition) is 3. The number of nitrogens with two attached hydrogens (primary N) is 1. The van der Waals surface area contributed by atoms with Crippen molar-refractivity contribution >= 4 is 11.5 Å². The van der Waals surface area contributed by atoms with Gasteiger partial charge in [0.1, 0.15) is 5.75 Å². The first-order valence-corrected chi connectivity index (χ1v) is 8.87. The van der Waals surface area contributed by atoms with Crippen molar-refractivity contribution in [1.29, 1.82) is 0 Å². The number of aromatic hydroxyl groups is 1. The Hall–Kier alpha value is -1.81. The fourth-order valence-electron chi connectivity index (χ4n) is 5.64. The van der Waals surface area contributed by atoms with Crippen molar-refractivity contribution in [2.75, 3.05) is 0 Å². The molecule has 0 radical (unpaired) electrons. The van der Waals surface area contributed by atoms with Crippen LogP contribution in [-0.4, -0.2) is 21.7 Å². The highest BCUT2D eigenvalue weighted by atomic mass is 16.3. The van der Waals surface area contributed by atoms with E-state index in [9.17, 15) is 15.0 Å². The predicted molar refractivity (Wildman–Crippen MR) is 92.1 cm³/mol. The third-order valence-electron chi connectivity index (χ3n) is 6.97. The zero-order valence-corrected chi connectivity index (χ0v) is 14.1. The van der Waals surface area contributed by atoms with E-state index in [2.05, 4.69) is 13.0 Å². The fourth-order valence-corrected chi connectivity index (χ4v) is 5.64. The molecular formula is C20H25NO3. The molecular weight excluding hydrogens is 302 g/mol. The molecule has 0 heterocycles. The van der Waals surface area contributed by atoms with Gasteiger partial charge in [0.25, 0.3) is 0 Å². The van der Waals surface area contributed by atoms with Gasteiger partial charge in [-0.15, -0.1) is 0 Å². The van der Waals surface area contributed by atoms with E-state index < -0.39 is 11.5 Å². The molecule has 1 aromatic carbocycles. The van der Waals surface area contributed by atoms with Crippen LogP contribution in [0.4, 0.5) is 0 Å². The van der Waals surface area contributed by atoms with E-state index in [-0.39, 0.29) is 11.8 Å². The van der Waals surface area contributed by atoms with Crippen LogP contribution in [-0.2, 0) is 11.2 Å². The van der Waals surface area contributed by atoms with E-state index in [4.69, 9.17) is 5.73 Å². The monoisotopic (exact) mass is 327 g/mol. The third kappa shape index (κ3) is 2.05. The van der Waals surface area contributed by atoms with Crippen LogP contribution in [0.5, 0.6) is 5.75 Å². The molecule has 128 valence electrons. The molecule has 1 saturated carbocycles. The number of aliphatic hydroxyl groups is 1. The summed E-state index contributed by atoms with van der Waals surface area (Å²) >= 11 is 0. The summed E-state index contributed by atoms with van der Waals surface area (Å²) in [6.07, 6.45) is 6.66. The minimum Gasteiger partial charge on any atom is -0.508 e. The van der Waals surface area contributed by atoms with Gasteiger partial charge in [-0.1, -0.05) is 19.1 Å². The van der Waals surface area contributed by atoms with Crippen LogP contribution in [0.25, 0.3) is 5.57 Å². The molecule has 0 spiro atoms. The number of allylic oxidation sites excluding steroid dienone is 2. The van der Waals surface area contributed by atoms with Crippen molar-refractivity contribution in [2.45, 2.75) is 51.0 Å². The van der Waals surface area contributed by atoms with Gasteiger partial charge < -0.3 is 15.9 Å². The van der Waals surface area contributed by atoms with Crippen LogP contribution >= 0.6 is 0 Å². The van der Waals surface area contributed by atoms with Gasteiger partial charge in [0.2, 0.25) is 5.91 Å². The minimum atomic E-state index is -0.985. The first kappa shape index (κ1) is 15.7. The average Bonchev–Trinajstić information content (AvgIpc) is 2.77. The largest absolute Gasteiger partial charge is 0.508 e. The maximum absolute atomic E-state index is 11.5. The lowest BCUT2D eigenvalue weighted by Crippen LogP contribution is -2.50. The van der Waals surface area contributed by atoms with E-state index >= 15 is 0 Å². The Balaban J connectivity index is 1.74. The highest BCUT2D eigenvalue weighted by molar-refractivity contribution is 5.76. The number of fused-ring (bicyclic) bond motifs is 5. The summed E-state index contributed by atoms with van der Waals surface area (Å²) in [5.74, 6) is 0.704. The summed E-state index contributed by atoms with van der Waals surface area (Å²) in [5.41, 5.74) is 7.96. The van der Waals surface area contributed by atoms with Gasteiger partial charge >= 0.3 is 0 Å². The van der Waals surface area contributed by atoms with Crippen LogP contribution in [0, 0.1) is 17.3 Å². The van der Waals surface area contributed by atoms with Crippen molar-refractivity contribution < 1.29 is 15.0 Å². The zero-order chi connectivity index (χ0) is 17.1. The Morgan fingerprint density at radius 3 is 2.92 bits per heavy atom.